The van der Waals surface area contributed by atoms with Crippen molar-refractivity contribution in [2.45, 2.75) is 38.5 Å². The highest BCUT2D eigenvalue weighted by Crippen LogP contribution is 2.39. The number of fused-ring (bicyclic) bond motifs is 1. The van der Waals surface area contributed by atoms with Crippen LogP contribution >= 0.6 is 11.3 Å². The molecule has 1 fully saturated rings. The lowest BCUT2D eigenvalue weighted by Gasteiger charge is -2.26. The van der Waals surface area contributed by atoms with E-state index in [-0.39, 0.29) is 0 Å². The Morgan fingerprint density at radius 2 is 2.04 bits per heavy atom. The van der Waals surface area contributed by atoms with Crippen LogP contribution in [-0.4, -0.2) is 10.8 Å². The number of aromatic amines is 1. The highest BCUT2D eigenvalue weighted by Gasteiger charge is 2.22. The smallest absolute Gasteiger partial charge is 0.140 e. The number of hydrogen-bond acceptors (Lipinski definition) is 2. The molecule has 1 saturated carbocycles. The summed E-state index contributed by atoms with van der Waals surface area (Å²) in [6.07, 6.45) is 7.43. The summed E-state index contributed by atoms with van der Waals surface area (Å²) in [7, 11) is 0. The van der Waals surface area contributed by atoms with Gasteiger partial charge in [0.25, 0.3) is 0 Å². The molecule has 0 spiro atoms. The first-order valence-corrected chi connectivity index (χ1v) is 9.59. The number of rotatable bonds is 3. The molecule has 1 aromatic carbocycles. The molecule has 0 radical (unpaired) electrons. The average molecular weight is 337 g/mol. The molecule has 0 amide bonds. The molecule has 4 rings (SSSR count). The van der Waals surface area contributed by atoms with Crippen LogP contribution < -0.4 is 5.32 Å². The fourth-order valence-electron chi connectivity index (χ4n) is 3.76. The average Bonchev–Trinajstić information content (AvgIpc) is 3.25. The molecule has 0 aliphatic heterocycles. The molecular formula is C20H23N3S. The van der Waals surface area contributed by atoms with E-state index < -0.39 is 0 Å². The summed E-state index contributed by atoms with van der Waals surface area (Å²) in [5.74, 6) is 2.00. The highest BCUT2D eigenvalue weighted by molar-refractivity contribution is 7.12. The zero-order valence-corrected chi connectivity index (χ0v) is 14.7. The van der Waals surface area contributed by atoms with Crippen LogP contribution in [-0.2, 0) is 0 Å². The predicted molar refractivity (Wildman–Crippen MR) is 103 cm³/mol. The second-order valence-electron chi connectivity index (χ2n) is 6.94. The fraction of sp³-hybridized carbons (Fsp3) is 0.350. The summed E-state index contributed by atoms with van der Waals surface area (Å²) < 4.78 is 0. The molecular weight excluding hydrogens is 314 g/mol. The van der Waals surface area contributed by atoms with Gasteiger partial charge in [0.15, 0.2) is 0 Å². The Hall–Kier alpha value is -2.07. The van der Waals surface area contributed by atoms with Gasteiger partial charge in [0, 0.05) is 22.8 Å². The molecule has 124 valence electrons. The molecule has 2 heterocycles. The minimum atomic E-state index is 0.466. The maximum absolute atomic E-state index is 8.22. The third kappa shape index (κ3) is 2.98. The van der Waals surface area contributed by atoms with Gasteiger partial charge in [0.1, 0.15) is 5.84 Å². The lowest BCUT2D eigenvalue weighted by molar-refractivity contribution is 0.349. The maximum atomic E-state index is 8.22. The number of aromatic nitrogens is 1. The Balaban J connectivity index is 1.60. The van der Waals surface area contributed by atoms with Crippen molar-refractivity contribution in [3.8, 4) is 0 Å². The molecule has 0 atom stereocenters. The number of anilines is 1. The number of benzene rings is 1. The first-order chi connectivity index (χ1) is 11.7. The molecule has 1 aliphatic rings. The number of H-pyrrole nitrogens is 1. The number of amidine groups is 1. The van der Waals surface area contributed by atoms with Crippen molar-refractivity contribution in [1.82, 2.24) is 4.98 Å². The number of thiophene rings is 1. The van der Waals surface area contributed by atoms with Gasteiger partial charge < -0.3 is 10.3 Å². The normalized spacial score (nSPS) is 21.0. The highest BCUT2D eigenvalue weighted by atomic mass is 32.1. The molecule has 2 aromatic heterocycles. The summed E-state index contributed by atoms with van der Waals surface area (Å²) >= 11 is 1.59. The summed E-state index contributed by atoms with van der Waals surface area (Å²) in [6, 6.07) is 10.3. The molecule has 24 heavy (non-hydrogen) atoms. The minimum absolute atomic E-state index is 0.466. The van der Waals surface area contributed by atoms with Gasteiger partial charge >= 0.3 is 0 Å². The van der Waals surface area contributed by atoms with Crippen LogP contribution in [0.1, 0.15) is 49.0 Å². The molecule has 1 aliphatic carbocycles. The van der Waals surface area contributed by atoms with Crippen LogP contribution in [0.4, 0.5) is 5.69 Å². The van der Waals surface area contributed by atoms with Crippen molar-refractivity contribution < 1.29 is 0 Å². The van der Waals surface area contributed by atoms with Gasteiger partial charge in [-0.1, -0.05) is 25.8 Å². The Kier molecular flexibility index (Phi) is 4.15. The van der Waals surface area contributed by atoms with Crippen molar-refractivity contribution in [1.29, 1.82) is 5.41 Å². The number of hydrogen-bond donors (Lipinski definition) is 3. The molecule has 4 heteroatoms. The topological polar surface area (TPSA) is 51.7 Å². The van der Waals surface area contributed by atoms with Crippen LogP contribution in [0.25, 0.3) is 10.9 Å². The number of nitrogens with one attached hydrogen (secondary N) is 3. The Morgan fingerprint density at radius 3 is 2.79 bits per heavy atom. The van der Waals surface area contributed by atoms with E-state index in [1.165, 1.54) is 42.1 Å². The van der Waals surface area contributed by atoms with Crippen molar-refractivity contribution >= 4 is 33.8 Å². The second kappa shape index (κ2) is 6.44. The van der Waals surface area contributed by atoms with E-state index in [9.17, 15) is 0 Å². The minimum Gasteiger partial charge on any atom is -0.361 e. The quantitative estimate of drug-likeness (QED) is 0.401. The van der Waals surface area contributed by atoms with Gasteiger partial charge in [0.2, 0.25) is 0 Å². The molecule has 0 unspecified atom stereocenters. The third-order valence-corrected chi connectivity index (χ3v) is 6.09. The molecule has 0 saturated heterocycles. The Labute approximate surface area is 146 Å². The van der Waals surface area contributed by atoms with E-state index >= 15 is 0 Å². The summed E-state index contributed by atoms with van der Waals surface area (Å²) in [5, 5.41) is 14.8. The van der Waals surface area contributed by atoms with Crippen LogP contribution in [0.2, 0.25) is 0 Å². The molecule has 3 nitrogen and oxygen atoms in total. The van der Waals surface area contributed by atoms with E-state index in [4.69, 9.17) is 5.41 Å². The first-order valence-electron chi connectivity index (χ1n) is 8.71. The van der Waals surface area contributed by atoms with E-state index in [2.05, 4.69) is 35.6 Å². The fourth-order valence-corrected chi connectivity index (χ4v) is 4.39. The van der Waals surface area contributed by atoms with E-state index in [0.29, 0.717) is 11.8 Å². The Morgan fingerprint density at radius 1 is 1.21 bits per heavy atom. The van der Waals surface area contributed by atoms with Crippen molar-refractivity contribution in [2.75, 3.05) is 5.32 Å². The maximum Gasteiger partial charge on any atom is 0.140 e. The molecule has 0 bridgehead atoms. The van der Waals surface area contributed by atoms with Gasteiger partial charge in [0.05, 0.1) is 4.88 Å². The molecule has 3 aromatic rings. The van der Waals surface area contributed by atoms with Crippen molar-refractivity contribution in [2.24, 2.45) is 5.92 Å². The monoisotopic (exact) mass is 337 g/mol. The summed E-state index contributed by atoms with van der Waals surface area (Å²) in [4.78, 5) is 4.39. The van der Waals surface area contributed by atoms with Gasteiger partial charge in [-0.15, -0.1) is 11.3 Å². The zero-order valence-electron chi connectivity index (χ0n) is 13.9. The van der Waals surface area contributed by atoms with Crippen molar-refractivity contribution in [3.05, 3.63) is 52.3 Å². The van der Waals surface area contributed by atoms with Crippen LogP contribution in [0, 0.1) is 11.3 Å². The molecule has 3 N–H and O–H groups in total. The van der Waals surface area contributed by atoms with Crippen LogP contribution in [0.3, 0.4) is 0 Å². The standard InChI is InChI=1S/C20H23N3S/c1-13-4-6-14(7-5-13)17-12-22-18-9-8-15(11-16(17)18)23-20(21)19-3-2-10-24-19/h2-3,8-14,22H,4-7H2,1H3,(H2,21,23). The zero-order chi connectivity index (χ0) is 16.5. The lowest BCUT2D eigenvalue weighted by atomic mass is 9.79. The van der Waals surface area contributed by atoms with E-state index in [1.807, 2.05) is 23.6 Å². The van der Waals surface area contributed by atoms with Crippen LogP contribution in [0.15, 0.2) is 41.9 Å². The van der Waals surface area contributed by atoms with Gasteiger partial charge in [-0.2, -0.15) is 0 Å². The third-order valence-electron chi connectivity index (χ3n) is 5.21. The largest absolute Gasteiger partial charge is 0.361 e. The first kappa shape index (κ1) is 15.5. The second-order valence-corrected chi connectivity index (χ2v) is 7.89. The van der Waals surface area contributed by atoms with E-state index in [0.717, 1.165) is 16.5 Å². The summed E-state index contributed by atoms with van der Waals surface area (Å²) in [6.45, 7) is 2.36. The Bertz CT molecular complexity index is 839. The van der Waals surface area contributed by atoms with Gasteiger partial charge in [-0.3, -0.25) is 5.41 Å². The van der Waals surface area contributed by atoms with E-state index in [1.54, 1.807) is 11.3 Å². The predicted octanol–water partition coefficient (Wildman–Crippen LogP) is 5.96. The van der Waals surface area contributed by atoms with Crippen molar-refractivity contribution in [3.63, 3.8) is 0 Å². The SMILES string of the molecule is CC1CCC(c2c[nH]c3ccc(NC(=N)c4cccs4)cc23)CC1. The summed E-state index contributed by atoms with van der Waals surface area (Å²) in [5.41, 5.74) is 3.63. The lowest BCUT2D eigenvalue weighted by Crippen LogP contribution is -2.11. The van der Waals surface area contributed by atoms with Gasteiger partial charge in [-0.05, 0) is 59.9 Å². The van der Waals surface area contributed by atoms with Crippen LogP contribution in [0.5, 0.6) is 0 Å². The van der Waals surface area contributed by atoms with Gasteiger partial charge in [-0.25, -0.2) is 0 Å².